The second-order valence-electron chi connectivity index (χ2n) is 4.64. The number of carbonyl (C=O) groups is 1. The van der Waals surface area contributed by atoms with Crippen LogP contribution in [0.15, 0.2) is 24.3 Å². The minimum absolute atomic E-state index is 0.0970. The number of amides is 1. The second kappa shape index (κ2) is 5.32. The van der Waals surface area contributed by atoms with Crippen molar-refractivity contribution in [2.24, 2.45) is 0 Å². The lowest BCUT2D eigenvalue weighted by Gasteiger charge is -2.24. The monoisotopic (exact) mass is 232 g/mol. The van der Waals surface area contributed by atoms with Crippen LogP contribution in [-0.2, 0) is 17.8 Å². The van der Waals surface area contributed by atoms with Gasteiger partial charge >= 0.3 is 0 Å². The molecule has 0 radical (unpaired) electrons. The predicted molar refractivity (Wildman–Crippen MR) is 68.7 cm³/mol. The van der Waals surface area contributed by atoms with Crippen LogP contribution in [0.4, 0.5) is 0 Å². The van der Waals surface area contributed by atoms with E-state index in [-0.39, 0.29) is 11.9 Å². The first kappa shape index (κ1) is 12.1. The molecule has 3 heteroatoms. The van der Waals surface area contributed by atoms with Gasteiger partial charge in [-0.3, -0.25) is 4.79 Å². The number of nitrogens with zero attached hydrogens (tertiary/aromatic N) is 1. The van der Waals surface area contributed by atoms with Gasteiger partial charge in [-0.15, -0.1) is 0 Å². The van der Waals surface area contributed by atoms with Crippen LogP contribution in [0.1, 0.15) is 24.5 Å². The highest BCUT2D eigenvalue weighted by Gasteiger charge is 2.21. The van der Waals surface area contributed by atoms with Gasteiger partial charge in [0.25, 0.3) is 0 Å². The molecule has 0 saturated heterocycles. The molecule has 0 saturated carbocycles. The number of aryl methyl sites for hydroxylation is 1. The molecule has 1 N–H and O–H groups in total. The average Bonchev–Trinajstić information content (AvgIpc) is 2.58. The predicted octanol–water partition coefficient (Wildman–Crippen LogP) is 1.57. The number of likely N-dealkylation sites (N-methyl/N-ethyl adjacent to an activating group) is 1. The van der Waals surface area contributed by atoms with E-state index in [4.69, 9.17) is 0 Å². The number of fused-ring (bicyclic) bond motifs is 1. The van der Waals surface area contributed by atoms with Crippen molar-refractivity contribution < 1.29 is 4.79 Å². The third-order valence-electron chi connectivity index (χ3n) is 3.47. The largest absolute Gasteiger partial charge is 0.337 e. The summed E-state index contributed by atoms with van der Waals surface area (Å²) in [6.07, 6.45) is 2.13. The molecule has 1 heterocycles. The molecule has 0 fully saturated rings. The van der Waals surface area contributed by atoms with Crippen LogP contribution >= 0.6 is 0 Å². The lowest BCUT2D eigenvalue weighted by atomic mass is 10.0. The number of nitrogens with one attached hydrogen (secondary N) is 1. The molecule has 1 amide bonds. The maximum atomic E-state index is 12.2. The first-order chi connectivity index (χ1) is 8.22. The molecule has 3 nitrogen and oxygen atoms in total. The minimum Gasteiger partial charge on any atom is -0.337 e. The Kier molecular flexibility index (Phi) is 3.79. The molecule has 0 spiro atoms. The van der Waals surface area contributed by atoms with Gasteiger partial charge in [0.15, 0.2) is 0 Å². The van der Waals surface area contributed by atoms with Gasteiger partial charge in [0.2, 0.25) is 5.91 Å². The van der Waals surface area contributed by atoms with Crippen LogP contribution in [0.25, 0.3) is 0 Å². The summed E-state index contributed by atoms with van der Waals surface area (Å²) in [5.41, 5.74) is 2.68. The molecule has 2 rings (SSSR count). The van der Waals surface area contributed by atoms with Crippen molar-refractivity contribution in [2.75, 3.05) is 13.6 Å². The van der Waals surface area contributed by atoms with Crippen LogP contribution in [0.5, 0.6) is 0 Å². The number of hydrogen-bond donors (Lipinski definition) is 1. The minimum atomic E-state index is -0.0970. The Hall–Kier alpha value is -1.35. The highest BCUT2D eigenvalue weighted by atomic mass is 16.2. The quantitative estimate of drug-likeness (QED) is 0.839. The summed E-state index contributed by atoms with van der Waals surface area (Å²) < 4.78 is 0. The number of rotatable bonds is 2. The summed E-state index contributed by atoms with van der Waals surface area (Å²) in [5, 5.41) is 3.02. The fraction of sp³-hybridized carbons (Fsp3) is 0.500. The lowest BCUT2D eigenvalue weighted by molar-refractivity contribution is -0.133. The molecule has 1 aromatic carbocycles. The van der Waals surface area contributed by atoms with E-state index in [0.717, 1.165) is 25.9 Å². The van der Waals surface area contributed by atoms with Crippen molar-refractivity contribution in [2.45, 2.75) is 32.4 Å². The van der Waals surface area contributed by atoms with E-state index in [1.807, 2.05) is 24.9 Å². The molecular weight excluding hydrogens is 212 g/mol. The van der Waals surface area contributed by atoms with Crippen molar-refractivity contribution in [1.29, 1.82) is 0 Å². The standard InChI is InChI=1S/C14H20N2O/c1-11(15-2)14(17)16-9-5-8-12-6-3-4-7-13(12)10-16/h3-4,6-7,11,15H,5,8-10H2,1-2H3. The smallest absolute Gasteiger partial charge is 0.239 e. The average molecular weight is 232 g/mol. The molecule has 17 heavy (non-hydrogen) atoms. The van der Waals surface area contributed by atoms with Gasteiger partial charge in [-0.1, -0.05) is 24.3 Å². The maximum Gasteiger partial charge on any atom is 0.239 e. The molecule has 1 atom stereocenters. The Morgan fingerprint density at radius 1 is 1.35 bits per heavy atom. The summed E-state index contributed by atoms with van der Waals surface area (Å²) in [6, 6.07) is 8.33. The molecule has 0 bridgehead atoms. The highest BCUT2D eigenvalue weighted by Crippen LogP contribution is 2.18. The zero-order valence-corrected chi connectivity index (χ0v) is 10.6. The molecule has 0 aliphatic carbocycles. The summed E-state index contributed by atoms with van der Waals surface area (Å²) in [7, 11) is 1.83. The summed E-state index contributed by atoms with van der Waals surface area (Å²) >= 11 is 0. The third kappa shape index (κ3) is 2.67. The Labute approximate surface area is 103 Å². The van der Waals surface area contributed by atoms with Crippen molar-refractivity contribution in [3.63, 3.8) is 0 Å². The molecule has 1 aliphatic heterocycles. The topological polar surface area (TPSA) is 32.3 Å². The fourth-order valence-electron chi connectivity index (χ4n) is 2.29. The maximum absolute atomic E-state index is 12.2. The zero-order valence-electron chi connectivity index (χ0n) is 10.6. The van der Waals surface area contributed by atoms with Crippen molar-refractivity contribution in [1.82, 2.24) is 10.2 Å². The van der Waals surface area contributed by atoms with Crippen molar-refractivity contribution in [3.8, 4) is 0 Å². The van der Waals surface area contributed by atoms with Crippen LogP contribution in [0.3, 0.4) is 0 Å². The van der Waals surface area contributed by atoms with E-state index in [2.05, 4.69) is 23.5 Å². The van der Waals surface area contributed by atoms with Crippen LogP contribution < -0.4 is 5.32 Å². The van der Waals surface area contributed by atoms with Gasteiger partial charge in [0.1, 0.15) is 0 Å². The van der Waals surface area contributed by atoms with Gasteiger partial charge in [0, 0.05) is 13.1 Å². The Morgan fingerprint density at radius 3 is 2.76 bits per heavy atom. The number of benzene rings is 1. The summed E-state index contributed by atoms with van der Waals surface area (Å²) in [5.74, 6) is 0.198. The normalized spacial score (nSPS) is 17.2. The molecule has 1 aromatic rings. The van der Waals surface area contributed by atoms with Crippen LogP contribution in [-0.4, -0.2) is 30.4 Å². The zero-order chi connectivity index (χ0) is 12.3. The van der Waals surface area contributed by atoms with Gasteiger partial charge in [0.05, 0.1) is 6.04 Å². The van der Waals surface area contributed by atoms with E-state index >= 15 is 0 Å². The van der Waals surface area contributed by atoms with E-state index in [9.17, 15) is 4.79 Å². The van der Waals surface area contributed by atoms with Gasteiger partial charge in [-0.05, 0) is 37.9 Å². The molecule has 1 unspecified atom stereocenters. The van der Waals surface area contributed by atoms with Gasteiger partial charge < -0.3 is 10.2 Å². The molecule has 92 valence electrons. The van der Waals surface area contributed by atoms with E-state index in [0.29, 0.717) is 0 Å². The first-order valence-electron chi connectivity index (χ1n) is 6.25. The van der Waals surface area contributed by atoms with Crippen LogP contribution in [0, 0.1) is 0 Å². The molecule has 1 aliphatic rings. The Bertz CT molecular complexity index is 403. The van der Waals surface area contributed by atoms with E-state index in [1.165, 1.54) is 11.1 Å². The van der Waals surface area contributed by atoms with Crippen molar-refractivity contribution >= 4 is 5.91 Å². The number of carbonyl (C=O) groups excluding carboxylic acids is 1. The number of hydrogen-bond acceptors (Lipinski definition) is 2. The molecular formula is C14H20N2O. The Morgan fingerprint density at radius 2 is 2.06 bits per heavy atom. The first-order valence-corrected chi connectivity index (χ1v) is 6.25. The van der Waals surface area contributed by atoms with E-state index in [1.54, 1.807) is 0 Å². The highest BCUT2D eigenvalue weighted by molar-refractivity contribution is 5.81. The summed E-state index contributed by atoms with van der Waals surface area (Å²) in [6.45, 7) is 3.53. The van der Waals surface area contributed by atoms with Gasteiger partial charge in [-0.25, -0.2) is 0 Å². The fourth-order valence-corrected chi connectivity index (χ4v) is 2.29. The lowest BCUT2D eigenvalue weighted by Crippen LogP contribution is -2.43. The van der Waals surface area contributed by atoms with Gasteiger partial charge in [-0.2, -0.15) is 0 Å². The second-order valence-corrected chi connectivity index (χ2v) is 4.64. The summed E-state index contributed by atoms with van der Waals surface area (Å²) in [4.78, 5) is 14.1. The van der Waals surface area contributed by atoms with Crippen LogP contribution in [0.2, 0.25) is 0 Å². The van der Waals surface area contributed by atoms with E-state index < -0.39 is 0 Å². The SMILES string of the molecule is CNC(C)C(=O)N1CCCc2ccccc2C1. The third-order valence-corrected chi connectivity index (χ3v) is 3.47. The molecule has 0 aromatic heterocycles. The van der Waals surface area contributed by atoms with Crippen molar-refractivity contribution in [3.05, 3.63) is 35.4 Å². The Balaban J connectivity index is 2.15.